The summed E-state index contributed by atoms with van der Waals surface area (Å²) in [4.78, 5) is 40.7. The molecule has 7 heteroatoms. The normalized spacial score (nSPS) is 10.7. The number of hydrogen-bond donors (Lipinski definition) is 1. The van der Waals surface area contributed by atoms with Gasteiger partial charge in [0.1, 0.15) is 0 Å². The first-order valence-corrected chi connectivity index (χ1v) is 9.67. The Labute approximate surface area is 177 Å². The molecular formula is C24H19N3O4. The number of nitrogens with one attached hydrogen (secondary N) is 1. The number of nitro benzene ring substituents is 1. The quantitative estimate of drug-likeness (QED) is 0.382. The number of carbonyl (C=O) groups is 1. The first kappa shape index (κ1) is 20.0. The summed E-state index contributed by atoms with van der Waals surface area (Å²) in [6.07, 6.45) is 0. The molecule has 0 spiro atoms. The highest BCUT2D eigenvalue weighted by molar-refractivity contribution is 6.07. The number of anilines is 1. The van der Waals surface area contributed by atoms with Crippen molar-refractivity contribution in [2.45, 2.75) is 13.5 Å². The van der Waals surface area contributed by atoms with Crippen LogP contribution < -0.4 is 10.5 Å². The molecule has 0 bridgehead atoms. The molecule has 154 valence electrons. The fraction of sp³-hybridized carbons (Fsp3) is 0.0833. The molecule has 0 aliphatic rings. The van der Waals surface area contributed by atoms with E-state index in [2.05, 4.69) is 4.98 Å². The van der Waals surface area contributed by atoms with Gasteiger partial charge in [0.05, 0.1) is 11.5 Å². The first-order chi connectivity index (χ1) is 14.9. The molecule has 1 heterocycles. The number of hydrogen-bond acceptors (Lipinski definition) is 4. The number of nitrogens with zero attached hydrogens (tertiary/aromatic N) is 2. The van der Waals surface area contributed by atoms with Crippen LogP contribution in [0.2, 0.25) is 0 Å². The summed E-state index contributed by atoms with van der Waals surface area (Å²) in [7, 11) is 0. The number of aryl methyl sites for hydroxylation is 1. The maximum atomic E-state index is 13.5. The number of aromatic amines is 1. The van der Waals surface area contributed by atoms with Gasteiger partial charge in [-0.2, -0.15) is 0 Å². The zero-order valence-electron chi connectivity index (χ0n) is 16.7. The summed E-state index contributed by atoms with van der Waals surface area (Å²) in [6.45, 7) is 2.02. The van der Waals surface area contributed by atoms with Crippen LogP contribution in [0.25, 0.3) is 10.9 Å². The lowest BCUT2D eigenvalue weighted by Gasteiger charge is -2.25. The smallest absolute Gasteiger partial charge is 0.270 e. The van der Waals surface area contributed by atoms with E-state index in [0.29, 0.717) is 16.8 Å². The van der Waals surface area contributed by atoms with Crippen molar-refractivity contribution in [3.05, 3.63) is 116 Å². The number of aromatic nitrogens is 1. The summed E-state index contributed by atoms with van der Waals surface area (Å²) >= 11 is 0. The molecule has 0 aliphatic heterocycles. The molecule has 0 atom stereocenters. The Kier molecular flexibility index (Phi) is 5.32. The molecule has 0 radical (unpaired) electrons. The van der Waals surface area contributed by atoms with Crippen molar-refractivity contribution >= 4 is 28.2 Å². The molecule has 4 aromatic rings. The predicted molar refractivity (Wildman–Crippen MR) is 119 cm³/mol. The monoisotopic (exact) mass is 413 g/mol. The van der Waals surface area contributed by atoms with Crippen molar-refractivity contribution in [2.24, 2.45) is 0 Å². The number of pyridine rings is 1. The average Bonchev–Trinajstić information content (AvgIpc) is 2.77. The van der Waals surface area contributed by atoms with Crippen LogP contribution in [0, 0.1) is 17.0 Å². The Bertz CT molecular complexity index is 1360. The number of amides is 1. The maximum Gasteiger partial charge on any atom is 0.270 e. The molecule has 3 aromatic carbocycles. The highest BCUT2D eigenvalue weighted by Gasteiger charge is 2.22. The third kappa shape index (κ3) is 4.06. The van der Waals surface area contributed by atoms with Crippen LogP contribution in [-0.2, 0) is 6.54 Å². The third-order valence-electron chi connectivity index (χ3n) is 5.12. The number of rotatable bonds is 5. The molecule has 0 fully saturated rings. The summed E-state index contributed by atoms with van der Waals surface area (Å²) in [5.74, 6) is -0.387. The fourth-order valence-electron chi connectivity index (χ4n) is 3.62. The van der Waals surface area contributed by atoms with Gasteiger partial charge in [0, 0.05) is 40.4 Å². The molecule has 4 rings (SSSR count). The van der Waals surface area contributed by atoms with Crippen molar-refractivity contribution in [2.75, 3.05) is 4.90 Å². The van der Waals surface area contributed by atoms with Crippen molar-refractivity contribution in [1.29, 1.82) is 0 Å². The minimum atomic E-state index is -0.529. The van der Waals surface area contributed by atoms with E-state index in [-0.39, 0.29) is 29.3 Å². The molecule has 0 aliphatic carbocycles. The first-order valence-electron chi connectivity index (χ1n) is 9.67. The molecule has 1 aromatic heterocycles. The second kappa shape index (κ2) is 8.23. The van der Waals surface area contributed by atoms with E-state index in [0.717, 1.165) is 10.9 Å². The number of benzene rings is 3. The zero-order chi connectivity index (χ0) is 22.0. The van der Waals surface area contributed by atoms with Crippen LogP contribution in [0.4, 0.5) is 11.4 Å². The van der Waals surface area contributed by atoms with Crippen LogP contribution in [0.1, 0.15) is 21.5 Å². The van der Waals surface area contributed by atoms with E-state index in [4.69, 9.17) is 0 Å². The number of para-hydroxylation sites is 2. The van der Waals surface area contributed by atoms with Crippen molar-refractivity contribution in [1.82, 2.24) is 4.98 Å². The highest BCUT2D eigenvalue weighted by Crippen LogP contribution is 2.27. The lowest BCUT2D eigenvalue weighted by atomic mass is 10.1. The number of non-ortho nitro benzene ring substituents is 1. The van der Waals surface area contributed by atoms with Gasteiger partial charge in [-0.05, 0) is 36.2 Å². The standard InChI is InChI=1S/C24H19N3O4/c1-16-7-2-5-12-22(16)26(24(29)17-8-6-9-19(13-17)27(30)31)15-18-14-23(28)25-21-11-4-3-10-20(18)21/h2-14H,15H2,1H3,(H,25,28). The Hall–Kier alpha value is -4.26. The second-order valence-corrected chi connectivity index (χ2v) is 7.19. The van der Waals surface area contributed by atoms with Gasteiger partial charge < -0.3 is 9.88 Å². The minimum absolute atomic E-state index is 0.136. The van der Waals surface area contributed by atoms with Gasteiger partial charge in [-0.15, -0.1) is 0 Å². The molecule has 1 N–H and O–H groups in total. The molecule has 0 saturated carbocycles. The zero-order valence-corrected chi connectivity index (χ0v) is 16.7. The predicted octanol–water partition coefficient (Wildman–Crippen LogP) is 4.59. The van der Waals surface area contributed by atoms with Crippen LogP contribution in [-0.4, -0.2) is 15.8 Å². The van der Waals surface area contributed by atoms with Gasteiger partial charge in [0.25, 0.3) is 11.6 Å². The Morgan fingerprint density at radius 3 is 2.52 bits per heavy atom. The molecule has 31 heavy (non-hydrogen) atoms. The summed E-state index contributed by atoms with van der Waals surface area (Å²) in [5, 5.41) is 12.0. The van der Waals surface area contributed by atoms with Gasteiger partial charge in [-0.3, -0.25) is 19.7 Å². The van der Waals surface area contributed by atoms with Gasteiger partial charge >= 0.3 is 0 Å². The van der Waals surface area contributed by atoms with E-state index in [1.165, 1.54) is 24.3 Å². The van der Waals surface area contributed by atoms with Gasteiger partial charge in [-0.1, -0.05) is 42.5 Å². The maximum absolute atomic E-state index is 13.5. The van der Waals surface area contributed by atoms with E-state index in [9.17, 15) is 19.7 Å². The lowest BCUT2D eigenvalue weighted by molar-refractivity contribution is -0.384. The largest absolute Gasteiger partial charge is 0.322 e. The van der Waals surface area contributed by atoms with Crippen molar-refractivity contribution in [3.8, 4) is 0 Å². The molecule has 7 nitrogen and oxygen atoms in total. The molecule has 0 unspecified atom stereocenters. The van der Waals surface area contributed by atoms with Gasteiger partial charge in [-0.25, -0.2) is 0 Å². The summed E-state index contributed by atoms with van der Waals surface area (Å²) in [6, 6.07) is 21.9. The molecular weight excluding hydrogens is 394 g/mol. The van der Waals surface area contributed by atoms with Crippen molar-refractivity contribution < 1.29 is 9.72 Å². The summed E-state index contributed by atoms with van der Waals surface area (Å²) in [5.41, 5.74) is 2.68. The number of carbonyl (C=O) groups excluding carboxylic acids is 1. The SMILES string of the molecule is Cc1ccccc1N(Cc1cc(=O)[nH]c2ccccc12)C(=O)c1cccc([N+](=O)[O-])c1. The number of nitro groups is 1. The van der Waals surface area contributed by atoms with E-state index in [1.54, 1.807) is 17.0 Å². The average molecular weight is 413 g/mol. The molecule has 1 amide bonds. The van der Waals surface area contributed by atoms with Crippen LogP contribution >= 0.6 is 0 Å². The van der Waals surface area contributed by atoms with Crippen LogP contribution in [0.3, 0.4) is 0 Å². The molecule has 0 saturated heterocycles. The van der Waals surface area contributed by atoms with Gasteiger partial charge in [0.2, 0.25) is 5.56 Å². The van der Waals surface area contributed by atoms with Gasteiger partial charge in [0.15, 0.2) is 0 Å². The number of H-pyrrole nitrogens is 1. The Balaban J connectivity index is 1.84. The van der Waals surface area contributed by atoms with E-state index >= 15 is 0 Å². The van der Waals surface area contributed by atoms with Crippen LogP contribution in [0.15, 0.2) is 83.7 Å². The lowest BCUT2D eigenvalue weighted by Crippen LogP contribution is -2.31. The van der Waals surface area contributed by atoms with Crippen molar-refractivity contribution in [3.63, 3.8) is 0 Å². The third-order valence-corrected chi connectivity index (χ3v) is 5.12. The fourth-order valence-corrected chi connectivity index (χ4v) is 3.62. The number of fused-ring (bicyclic) bond motifs is 1. The van der Waals surface area contributed by atoms with Crippen LogP contribution in [0.5, 0.6) is 0 Å². The topological polar surface area (TPSA) is 96.3 Å². The minimum Gasteiger partial charge on any atom is -0.322 e. The summed E-state index contributed by atoms with van der Waals surface area (Å²) < 4.78 is 0. The van der Waals surface area contributed by atoms with E-state index < -0.39 is 4.92 Å². The second-order valence-electron chi connectivity index (χ2n) is 7.19. The van der Waals surface area contributed by atoms with E-state index in [1.807, 2.05) is 49.4 Å². The Morgan fingerprint density at radius 1 is 1.00 bits per heavy atom. The highest BCUT2D eigenvalue weighted by atomic mass is 16.6. The Morgan fingerprint density at radius 2 is 1.74 bits per heavy atom.